The van der Waals surface area contributed by atoms with Crippen LogP contribution in [0.1, 0.15) is 20.8 Å². The Morgan fingerprint density at radius 3 is 2.15 bits per heavy atom. The van der Waals surface area contributed by atoms with E-state index in [9.17, 15) is 9.59 Å². The van der Waals surface area contributed by atoms with Crippen LogP contribution in [0.2, 0.25) is 0 Å². The Balaban J connectivity index is 3.80. The molecule has 0 bridgehead atoms. The topological polar surface area (TPSA) is 64.6 Å². The Hall–Kier alpha value is -1.26. The molecule has 0 rings (SSSR count). The zero-order chi connectivity index (χ0) is 10.4. The zero-order valence-electron chi connectivity index (χ0n) is 7.99. The monoisotopic (exact) mass is 188 g/mol. The average Bonchev–Trinajstić information content (AvgIpc) is 2.03. The number of alkyl carbamates (subject to hydrolysis) is 1. The van der Waals surface area contributed by atoms with Gasteiger partial charge in [-0.25, -0.2) is 4.79 Å². The average molecular weight is 188 g/mol. The van der Waals surface area contributed by atoms with E-state index in [1.165, 1.54) is 6.92 Å². The molecule has 1 atom stereocenters. The predicted molar refractivity (Wildman–Crippen MR) is 45.4 cm³/mol. The maximum absolute atomic E-state index is 11.0. The number of ether oxygens (including phenoxy) is 2. The van der Waals surface area contributed by atoms with E-state index in [0.717, 1.165) is 0 Å². The van der Waals surface area contributed by atoms with Crippen LogP contribution in [0.25, 0.3) is 0 Å². The highest BCUT2D eigenvalue weighted by atomic mass is 16.7. The van der Waals surface area contributed by atoms with Crippen LogP contribution in [0.15, 0.2) is 0 Å². The van der Waals surface area contributed by atoms with Gasteiger partial charge in [0.2, 0.25) is 6.29 Å². The molecule has 0 aromatic carbocycles. The Labute approximate surface area is 77.4 Å². The van der Waals surface area contributed by atoms with Crippen molar-refractivity contribution < 1.29 is 19.1 Å². The summed E-state index contributed by atoms with van der Waals surface area (Å²) in [6.07, 6.45) is -1.62. The molecule has 5 nitrogen and oxygen atoms in total. The molecule has 13 heavy (non-hydrogen) atoms. The van der Waals surface area contributed by atoms with Gasteiger partial charge < -0.3 is 14.8 Å². The second kappa shape index (κ2) is 5.40. The lowest BCUT2D eigenvalue weighted by atomic mass is 10.2. The molecule has 0 fully saturated rings. The summed E-state index contributed by atoms with van der Waals surface area (Å²) in [4.78, 5) is 21.6. The minimum Gasteiger partial charge on any atom is -0.425 e. The van der Waals surface area contributed by atoms with Gasteiger partial charge in [0.05, 0.1) is 5.92 Å². The van der Waals surface area contributed by atoms with Gasteiger partial charge in [0.15, 0.2) is 0 Å². The van der Waals surface area contributed by atoms with Crippen molar-refractivity contribution in [1.82, 2.24) is 5.32 Å². The van der Waals surface area contributed by atoms with Crippen LogP contribution in [0.5, 0.6) is 0 Å². The number of nitrogens with one attached hydrogen (secondary N) is 1. The lowest BCUT2D eigenvalue weighted by Gasteiger charge is -2.14. The smallest absolute Gasteiger partial charge is 0.410 e. The molecule has 0 spiro atoms. The van der Waals surface area contributed by atoms with Crippen molar-refractivity contribution in [2.45, 2.75) is 27.1 Å². The molecule has 1 amide bonds. The molecule has 0 aliphatic rings. The number of carbonyl (C=O) groups is 2. The van der Waals surface area contributed by atoms with Crippen LogP contribution in [0, 0.1) is 13.0 Å². The lowest BCUT2D eigenvalue weighted by molar-refractivity contribution is -0.168. The van der Waals surface area contributed by atoms with E-state index in [2.05, 4.69) is 11.8 Å². The third-order valence-electron chi connectivity index (χ3n) is 1.17. The summed E-state index contributed by atoms with van der Waals surface area (Å²) in [6.45, 7) is 4.84. The maximum atomic E-state index is 11.0. The second-order valence-corrected chi connectivity index (χ2v) is 2.74. The molecular formula is C8H14NO4. The van der Waals surface area contributed by atoms with Crippen molar-refractivity contribution in [2.75, 3.05) is 0 Å². The zero-order valence-corrected chi connectivity index (χ0v) is 7.99. The van der Waals surface area contributed by atoms with E-state index in [-0.39, 0.29) is 5.92 Å². The SMILES string of the molecule is [CH2]NC(=O)OC(C)OC(=O)C(C)C. The molecule has 0 aliphatic carbocycles. The predicted octanol–water partition coefficient (Wildman–Crippen LogP) is 1.05. The van der Waals surface area contributed by atoms with E-state index in [4.69, 9.17) is 4.74 Å². The van der Waals surface area contributed by atoms with Gasteiger partial charge in [-0.15, -0.1) is 0 Å². The first-order valence-corrected chi connectivity index (χ1v) is 3.91. The van der Waals surface area contributed by atoms with Crippen molar-refractivity contribution in [1.29, 1.82) is 0 Å². The third-order valence-corrected chi connectivity index (χ3v) is 1.17. The van der Waals surface area contributed by atoms with Gasteiger partial charge in [0, 0.05) is 14.0 Å². The third kappa shape index (κ3) is 5.05. The van der Waals surface area contributed by atoms with E-state index in [0.29, 0.717) is 0 Å². The fraction of sp³-hybridized carbons (Fsp3) is 0.625. The van der Waals surface area contributed by atoms with Crippen LogP contribution in [0.4, 0.5) is 4.79 Å². The fourth-order valence-electron chi connectivity index (χ4n) is 0.516. The quantitative estimate of drug-likeness (QED) is 0.531. The van der Waals surface area contributed by atoms with Gasteiger partial charge in [-0.3, -0.25) is 4.79 Å². The van der Waals surface area contributed by atoms with Gasteiger partial charge in [-0.05, 0) is 0 Å². The Morgan fingerprint density at radius 2 is 1.77 bits per heavy atom. The summed E-state index contributed by atoms with van der Waals surface area (Å²) >= 11 is 0. The standard InChI is InChI=1S/C8H14NO4/c1-5(2)7(10)12-6(3)13-8(11)9-4/h5-6H,4H2,1-3H3,(H,9,11). The molecule has 1 N–H and O–H groups in total. The highest BCUT2D eigenvalue weighted by molar-refractivity contribution is 5.72. The summed E-state index contributed by atoms with van der Waals surface area (Å²) in [6, 6.07) is 0. The first-order valence-electron chi connectivity index (χ1n) is 3.91. The molecule has 1 unspecified atom stereocenters. The first kappa shape index (κ1) is 11.7. The van der Waals surface area contributed by atoms with E-state index in [1.807, 2.05) is 5.32 Å². The van der Waals surface area contributed by atoms with Crippen LogP contribution in [-0.2, 0) is 14.3 Å². The van der Waals surface area contributed by atoms with Crippen LogP contribution < -0.4 is 5.32 Å². The molecule has 0 saturated carbocycles. The first-order chi connectivity index (χ1) is 5.97. The van der Waals surface area contributed by atoms with Crippen LogP contribution >= 0.6 is 0 Å². The van der Waals surface area contributed by atoms with Gasteiger partial charge in [-0.1, -0.05) is 13.8 Å². The van der Waals surface area contributed by atoms with Crippen molar-refractivity contribution in [3.8, 4) is 0 Å². The van der Waals surface area contributed by atoms with Crippen molar-refractivity contribution in [3.63, 3.8) is 0 Å². The van der Waals surface area contributed by atoms with Crippen molar-refractivity contribution in [2.24, 2.45) is 5.92 Å². The van der Waals surface area contributed by atoms with Gasteiger partial charge in [0.1, 0.15) is 0 Å². The highest BCUT2D eigenvalue weighted by Crippen LogP contribution is 2.01. The summed E-state index contributed by atoms with van der Waals surface area (Å²) in [5.41, 5.74) is 0. The summed E-state index contributed by atoms with van der Waals surface area (Å²) in [5, 5.41) is 2.00. The molecule has 0 aromatic rings. The minimum absolute atomic E-state index is 0.242. The normalized spacial score (nSPS) is 12.1. The number of amides is 1. The Bertz CT molecular complexity index is 191. The molecule has 0 aliphatic heterocycles. The number of hydrogen-bond acceptors (Lipinski definition) is 4. The Kier molecular flexibility index (Phi) is 4.87. The van der Waals surface area contributed by atoms with Gasteiger partial charge in [-0.2, -0.15) is 0 Å². The highest BCUT2D eigenvalue weighted by Gasteiger charge is 2.15. The molecular weight excluding hydrogens is 174 g/mol. The molecule has 5 heteroatoms. The largest absolute Gasteiger partial charge is 0.425 e. The van der Waals surface area contributed by atoms with Crippen LogP contribution in [0.3, 0.4) is 0 Å². The number of rotatable bonds is 3. The van der Waals surface area contributed by atoms with Crippen molar-refractivity contribution >= 4 is 12.1 Å². The molecule has 1 radical (unpaired) electrons. The molecule has 0 saturated heterocycles. The minimum atomic E-state index is -0.892. The van der Waals surface area contributed by atoms with E-state index in [1.54, 1.807) is 13.8 Å². The van der Waals surface area contributed by atoms with E-state index < -0.39 is 18.4 Å². The fourth-order valence-corrected chi connectivity index (χ4v) is 0.516. The number of carbonyl (C=O) groups excluding carboxylic acids is 2. The number of hydrogen-bond donors (Lipinski definition) is 1. The number of esters is 1. The summed E-state index contributed by atoms with van der Waals surface area (Å²) in [7, 11) is 3.09. The molecule has 75 valence electrons. The van der Waals surface area contributed by atoms with Gasteiger partial charge in [0.25, 0.3) is 0 Å². The maximum Gasteiger partial charge on any atom is 0.410 e. The molecule has 0 heterocycles. The van der Waals surface area contributed by atoms with Crippen LogP contribution in [-0.4, -0.2) is 18.4 Å². The van der Waals surface area contributed by atoms with Gasteiger partial charge >= 0.3 is 12.1 Å². The second-order valence-electron chi connectivity index (χ2n) is 2.74. The van der Waals surface area contributed by atoms with E-state index >= 15 is 0 Å². The lowest BCUT2D eigenvalue weighted by Crippen LogP contribution is -2.27. The summed E-state index contributed by atoms with van der Waals surface area (Å²) < 4.78 is 9.30. The molecule has 0 aromatic heterocycles. The summed E-state index contributed by atoms with van der Waals surface area (Å²) in [5.74, 6) is -0.654. The Morgan fingerprint density at radius 1 is 1.23 bits per heavy atom. The van der Waals surface area contributed by atoms with Crippen molar-refractivity contribution in [3.05, 3.63) is 7.05 Å².